The van der Waals surface area contributed by atoms with Crippen molar-refractivity contribution in [2.45, 2.75) is 26.4 Å². The van der Waals surface area contributed by atoms with E-state index in [1.165, 1.54) is 5.56 Å². The number of carbonyl (C=O) groups is 1. The molecule has 1 heterocycles. The Morgan fingerprint density at radius 1 is 1.32 bits per heavy atom. The summed E-state index contributed by atoms with van der Waals surface area (Å²) in [6, 6.07) is 10.1. The minimum atomic E-state index is -0.517. The summed E-state index contributed by atoms with van der Waals surface area (Å²) in [5.41, 5.74) is 7.55. The zero-order valence-electron chi connectivity index (χ0n) is 11.1. The van der Waals surface area contributed by atoms with Gasteiger partial charge in [-0.2, -0.15) is 5.10 Å². The molecule has 1 aromatic carbocycles. The number of hydrogen-bond acceptors (Lipinski definition) is 3. The Labute approximate surface area is 112 Å². The highest BCUT2D eigenvalue weighted by Gasteiger charge is 2.05. The highest BCUT2D eigenvalue weighted by molar-refractivity contribution is 5.90. The van der Waals surface area contributed by atoms with Gasteiger partial charge in [0.25, 0.3) is 5.91 Å². The number of nitrogens with zero attached hydrogens (tertiary/aromatic N) is 2. The van der Waals surface area contributed by atoms with E-state index in [9.17, 15) is 4.79 Å². The molecule has 0 radical (unpaired) electrons. The Morgan fingerprint density at radius 3 is 2.53 bits per heavy atom. The first-order valence-corrected chi connectivity index (χ1v) is 6.24. The summed E-state index contributed by atoms with van der Waals surface area (Å²) in [5, 5.41) is 7.47. The van der Waals surface area contributed by atoms with Crippen molar-refractivity contribution in [2.75, 3.05) is 0 Å². The first kappa shape index (κ1) is 13.3. The van der Waals surface area contributed by atoms with Crippen LogP contribution in [0.4, 0.5) is 0 Å². The molecule has 0 spiro atoms. The molecule has 19 heavy (non-hydrogen) atoms. The molecule has 0 bridgehead atoms. The predicted molar refractivity (Wildman–Crippen MR) is 74.1 cm³/mol. The van der Waals surface area contributed by atoms with Gasteiger partial charge in [-0.3, -0.25) is 4.79 Å². The van der Waals surface area contributed by atoms with E-state index in [4.69, 9.17) is 5.73 Å². The Hall–Kier alpha value is -2.14. The molecular formula is C14H18N4O. The van der Waals surface area contributed by atoms with Gasteiger partial charge in [0, 0.05) is 18.8 Å². The number of carbonyl (C=O) groups excluding carboxylic acids is 1. The van der Waals surface area contributed by atoms with Crippen molar-refractivity contribution in [3.05, 3.63) is 47.8 Å². The summed E-state index contributed by atoms with van der Waals surface area (Å²) in [5.74, 6) is -0.517. The summed E-state index contributed by atoms with van der Waals surface area (Å²) in [6.07, 6.45) is 1.72. The van der Waals surface area contributed by atoms with Crippen LogP contribution < -0.4 is 11.1 Å². The summed E-state index contributed by atoms with van der Waals surface area (Å²) >= 11 is 0. The van der Waals surface area contributed by atoms with Crippen LogP contribution in [0.5, 0.6) is 0 Å². The molecule has 0 saturated carbocycles. The van der Waals surface area contributed by atoms with Gasteiger partial charge < -0.3 is 11.1 Å². The molecule has 0 unspecified atom stereocenters. The van der Waals surface area contributed by atoms with Gasteiger partial charge in [0.2, 0.25) is 0 Å². The van der Waals surface area contributed by atoms with Crippen LogP contribution in [0.3, 0.4) is 0 Å². The molecular weight excluding hydrogens is 240 g/mol. The fourth-order valence-corrected chi connectivity index (χ4v) is 1.69. The quantitative estimate of drug-likeness (QED) is 0.853. The second-order valence-corrected chi connectivity index (χ2v) is 4.71. The Balaban J connectivity index is 2.10. The molecule has 5 nitrogen and oxygen atoms in total. The third kappa shape index (κ3) is 3.42. The maximum atomic E-state index is 11.0. The van der Waals surface area contributed by atoms with Crippen molar-refractivity contribution in [3.63, 3.8) is 0 Å². The zero-order chi connectivity index (χ0) is 13.8. The second kappa shape index (κ2) is 5.67. The van der Waals surface area contributed by atoms with Crippen LogP contribution in [0.1, 0.15) is 29.9 Å². The molecule has 1 aromatic heterocycles. The minimum absolute atomic E-state index is 0.269. The molecule has 0 aliphatic heterocycles. The van der Waals surface area contributed by atoms with Gasteiger partial charge in [0.15, 0.2) is 0 Å². The lowest BCUT2D eigenvalue weighted by molar-refractivity contribution is 0.0995. The van der Waals surface area contributed by atoms with E-state index in [0.29, 0.717) is 6.04 Å². The SMILES string of the molecule is CC(C)NCc1ccc(-n2ccc(C(N)=O)n2)cc1. The molecule has 3 N–H and O–H groups in total. The highest BCUT2D eigenvalue weighted by Crippen LogP contribution is 2.10. The van der Waals surface area contributed by atoms with Crippen LogP contribution in [0, 0.1) is 0 Å². The largest absolute Gasteiger partial charge is 0.364 e. The summed E-state index contributed by atoms with van der Waals surface area (Å²) < 4.78 is 1.64. The topological polar surface area (TPSA) is 72.9 Å². The van der Waals surface area contributed by atoms with Crippen molar-refractivity contribution in [2.24, 2.45) is 5.73 Å². The van der Waals surface area contributed by atoms with Crippen molar-refractivity contribution in [1.29, 1.82) is 0 Å². The predicted octanol–water partition coefficient (Wildman–Crippen LogP) is 1.47. The molecule has 0 saturated heterocycles. The molecule has 0 fully saturated rings. The van der Waals surface area contributed by atoms with Crippen molar-refractivity contribution in [3.8, 4) is 5.69 Å². The Morgan fingerprint density at radius 2 is 2.00 bits per heavy atom. The first-order valence-electron chi connectivity index (χ1n) is 6.24. The van der Waals surface area contributed by atoms with Crippen LogP contribution >= 0.6 is 0 Å². The second-order valence-electron chi connectivity index (χ2n) is 4.71. The van der Waals surface area contributed by atoms with E-state index in [1.54, 1.807) is 16.9 Å². The number of aromatic nitrogens is 2. The van der Waals surface area contributed by atoms with Gasteiger partial charge >= 0.3 is 0 Å². The van der Waals surface area contributed by atoms with Crippen LogP contribution in [0.2, 0.25) is 0 Å². The maximum absolute atomic E-state index is 11.0. The fourth-order valence-electron chi connectivity index (χ4n) is 1.69. The smallest absolute Gasteiger partial charge is 0.269 e. The molecule has 2 rings (SSSR count). The van der Waals surface area contributed by atoms with Gasteiger partial charge in [-0.1, -0.05) is 26.0 Å². The number of hydrogen-bond donors (Lipinski definition) is 2. The van der Waals surface area contributed by atoms with Gasteiger partial charge in [-0.25, -0.2) is 4.68 Å². The van der Waals surface area contributed by atoms with E-state index in [-0.39, 0.29) is 5.69 Å². The number of primary amides is 1. The third-order valence-electron chi connectivity index (χ3n) is 2.76. The number of nitrogens with two attached hydrogens (primary N) is 1. The molecule has 2 aromatic rings. The highest BCUT2D eigenvalue weighted by atomic mass is 16.1. The van der Waals surface area contributed by atoms with E-state index < -0.39 is 5.91 Å². The van der Waals surface area contributed by atoms with E-state index >= 15 is 0 Å². The summed E-state index contributed by atoms with van der Waals surface area (Å²) in [4.78, 5) is 11.0. The lowest BCUT2D eigenvalue weighted by Gasteiger charge is -2.08. The molecule has 5 heteroatoms. The Bertz CT molecular complexity index is 557. The van der Waals surface area contributed by atoms with Gasteiger partial charge in [-0.15, -0.1) is 0 Å². The number of benzene rings is 1. The number of amides is 1. The van der Waals surface area contributed by atoms with Crippen molar-refractivity contribution < 1.29 is 4.79 Å². The lowest BCUT2D eigenvalue weighted by atomic mass is 10.2. The summed E-state index contributed by atoms with van der Waals surface area (Å²) in [7, 11) is 0. The average molecular weight is 258 g/mol. The van der Waals surface area contributed by atoms with Gasteiger partial charge in [0.05, 0.1) is 5.69 Å². The average Bonchev–Trinajstić information content (AvgIpc) is 2.86. The van der Waals surface area contributed by atoms with E-state index in [1.807, 2.05) is 24.3 Å². The normalized spacial score (nSPS) is 10.9. The third-order valence-corrected chi connectivity index (χ3v) is 2.76. The molecule has 0 aliphatic rings. The van der Waals surface area contributed by atoms with Crippen LogP contribution in [0.25, 0.3) is 5.69 Å². The number of nitrogens with one attached hydrogen (secondary N) is 1. The van der Waals surface area contributed by atoms with Crippen LogP contribution in [-0.4, -0.2) is 21.7 Å². The van der Waals surface area contributed by atoms with Crippen LogP contribution in [-0.2, 0) is 6.54 Å². The monoisotopic (exact) mass is 258 g/mol. The van der Waals surface area contributed by atoms with Crippen molar-refractivity contribution in [1.82, 2.24) is 15.1 Å². The van der Waals surface area contributed by atoms with Gasteiger partial charge in [-0.05, 0) is 23.8 Å². The fraction of sp³-hybridized carbons (Fsp3) is 0.286. The maximum Gasteiger partial charge on any atom is 0.269 e. The number of rotatable bonds is 5. The first-order chi connectivity index (χ1) is 9.06. The summed E-state index contributed by atoms with van der Waals surface area (Å²) in [6.45, 7) is 5.07. The lowest BCUT2D eigenvalue weighted by Crippen LogP contribution is -2.21. The van der Waals surface area contributed by atoms with Crippen LogP contribution in [0.15, 0.2) is 36.5 Å². The van der Waals surface area contributed by atoms with E-state index in [0.717, 1.165) is 12.2 Å². The van der Waals surface area contributed by atoms with E-state index in [2.05, 4.69) is 24.3 Å². The van der Waals surface area contributed by atoms with Gasteiger partial charge in [0.1, 0.15) is 5.69 Å². The molecule has 0 atom stereocenters. The Kier molecular flexibility index (Phi) is 3.97. The molecule has 0 aliphatic carbocycles. The standard InChI is InChI=1S/C14H18N4O/c1-10(2)16-9-11-3-5-12(6-4-11)18-8-7-13(17-18)14(15)19/h3-8,10,16H,9H2,1-2H3,(H2,15,19). The van der Waals surface area contributed by atoms with Crippen molar-refractivity contribution >= 4 is 5.91 Å². The molecule has 100 valence electrons. The minimum Gasteiger partial charge on any atom is -0.364 e. The zero-order valence-corrected chi connectivity index (χ0v) is 11.1. The molecule has 1 amide bonds.